The summed E-state index contributed by atoms with van der Waals surface area (Å²) in [5.41, 5.74) is 12.9. The van der Waals surface area contributed by atoms with E-state index in [9.17, 15) is 10.2 Å². The van der Waals surface area contributed by atoms with Crippen molar-refractivity contribution in [2.45, 2.75) is 155 Å². The SMILES string of the molecule is CC(C)(C)c1cc2c(cc1O)CCCC2.CC(C)(C)c1ccc2c(c1)C(O)CCC2.CC(C)(C)c1ccc2c(c1)CCCC2. The van der Waals surface area contributed by atoms with Crippen LogP contribution in [0.1, 0.15) is 157 Å². The summed E-state index contributed by atoms with van der Waals surface area (Å²) >= 11 is 0. The summed E-state index contributed by atoms with van der Waals surface area (Å²) in [4.78, 5) is 0. The van der Waals surface area contributed by atoms with Gasteiger partial charge in [-0.1, -0.05) is 105 Å². The van der Waals surface area contributed by atoms with Gasteiger partial charge in [0.15, 0.2) is 0 Å². The molecule has 2 nitrogen and oxygen atoms in total. The van der Waals surface area contributed by atoms with E-state index >= 15 is 0 Å². The molecule has 0 saturated carbocycles. The number of aliphatic hydroxyl groups excluding tert-OH is 1. The highest BCUT2D eigenvalue weighted by Gasteiger charge is 2.23. The van der Waals surface area contributed by atoms with Gasteiger partial charge in [0, 0.05) is 0 Å². The molecule has 2 heteroatoms. The third-order valence-corrected chi connectivity index (χ3v) is 9.78. The first-order valence-electron chi connectivity index (χ1n) is 17.3. The van der Waals surface area contributed by atoms with E-state index in [-0.39, 0.29) is 16.9 Å². The summed E-state index contributed by atoms with van der Waals surface area (Å²) in [6.07, 6.45) is 13.1. The van der Waals surface area contributed by atoms with Crippen molar-refractivity contribution in [3.8, 4) is 5.75 Å². The maximum atomic E-state index is 10.0. The molecule has 1 unspecified atom stereocenters. The van der Waals surface area contributed by atoms with Crippen LogP contribution in [0.25, 0.3) is 0 Å². The lowest BCUT2D eigenvalue weighted by Crippen LogP contribution is -2.15. The van der Waals surface area contributed by atoms with Crippen LogP contribution in [0.15, 0.2) is 48.5 Å². The number of aryl methyl sites for hydroxylation is 5. The van der Waals surface area contributed by atoms with Gasteiger partial charge in [0.2, 0.25) is 0 Å². The fraction of sp³-hybridized carbons (Fsp3) is 0.571. The van der Waals surface area contributed by atoms with Gasteiger partial charge in [-0.05, 0) is 143 Å². The molecule has 2 N–H and O–H groups in total. The van der Waals surface area contributed by atoms with E-state index in [1.54, 1.807) is 11.1 Å². The summed E-state index contributed by atoms with van der Waals surface area (Å²) in [6, 6.07) is 17.9. The van der Waals surface area contributed by atoms with Crippen LogP contribution in [0, 0.1) is 0 Å². The predicted octanol–water partition coefficient (Wildman–Crippen LogP) is 10.8. The Balaban J connectivity index is 0.000000151. The molecule has 6 rings (SSSR count). The molecule has 0 heterocycles. The number of aliphatic hydroxyl groups is 1. The quantitative estimate of drug-likeness (QED) is 0.271. The Morgan fingerprint density at radius 1 is 0.500 bits per heavy atom. The second kappa shape index (κ2) is 13.8. The molecule has 3 aliphatic rings. The lowest BCUT2D eigenvalue weighted by molar-refractivity contribution is 0.156. The van der Waals surface area contributed by atoms with Crippen molar-refractivity contribution in [2.75, 3.05) is 0 Å². The summed E-state index contributed by atoms with van der Waals surface area (Å²) < 4.78 is 0. The van der Waals surface area contributed by atoms with Crippen molar-refractivity contribution < 1.29 is 10.2 Å². The third kappa shape index (κ3) is 8.78. The monoisotopic (exact) mass is 596 g/mol. The van der Waals surface area contributed by atoms with Crippen LogP contribution in [0.3, 0.4) is 0 Å². The number of rotatable bonds is 0. The van der Waals surface area contributed by atoms with Crippen LogP contribution in [0.5, 0.6) is 5.75 Å². The smallest absolute Gasteiger partial charge is 0.119 e. The first-order valence-corrected chi connectivity index (χ1v) is 17.3. The van der Waals surface area contributed by atoms with Crippen molar-refractivity contribution in [1.29, 1.82) is 0 Å². The highest BCUT2D eigenvalue weighted by atomic mass is 16.3. The van der Waals surface area contributed by atoms with Crippen molar-refractivity contribution in [3.05, 3.63) is 98.6 Å². The molecule has 240 valence electrons. The maximum absolute atomic E-state index is 10.0. The second-order valence-corrected chi connectivity index (χ2v) is 16.6. The fourth-order valence-electron chi connectivity index (χ4n) is 6.81. The van der Waals surface area contributed by atoms with Crippen molar-refractivity contribution in [2.24, 2.45) is 0 Å². The van der Waals surface area contributed by atoms with E-state index in [4.69, 9.17) is 0 Å². The number of fused-ring (bicyclic) bond motifs is 3. The minimum absolute atomic E-state index is 0.0383. The number of aromatic hydroxyl groups is 1. The Hall–Kier alpha value is -2.58. The minimum atomic E-state index is -0.240. The second-order valence-electron chi connectivity index (χ2n) is 16.6. The Kier molecular flexibility index (Phi) is 10.8. The van der Waals surface area contributed by atoms with E-state index in [1.165, 1.54) is 72.8 Å². The Bertz CT molecular complexity index is 1410. The van der Waals surface area contributed by atoms with Gasteiger partial charge in [0.25, 0.3) is 0 Å². The number of benzene rings is 3. The van der Waals surface area contributed by atoms with Crippen LogP contribution in [0.4, 0.5) is 0 Å². The van der Waals surface area contributed by atoms with E-state index in [2.05, 4.69) is 105 Å². The van der Waals surface area contributed by atoms with Gasteiger partial charge >= 0.3 is 0 Å². The van der Waals surface area contributed by atoms with Crippen molar-refractivity contribution in [3.63, 3.8) is 0 Å². The van der Waals surface area contributed by atoms with E-state index in [0.717, 1.165) is 36.8 Å². The third-order valence-electron chi connectivity index (χ3n) is 9.78. The summed E-state index contributed by atoms with van der Waals surface area (Å²) in [6.45, 7) is 20.0. The Morgan fingerprint density at radius 3 is 1.50 bits per heavy atom. The zero-order valence-electron chi connectivity index (χ0n) is 29.4. The van der Waals surface area contributed by atoms with E-state index in [1.807, 2.05) is 6.07 Å². The largest absolute Gasteiger partial charge is 0.508 e. The minimum Gasteiger partial charge on any atom is -0.508 e. The molecule has 0 fully saturated rings. The Labute approximate surface area is 269 Å². The lowest BCUT2D eigenvalue weighted by atomic mass is 9.81. The predicted molar refractivity (Wildman–Crippen MR) is 188 cm³/mol. The van der Waals surface area contributed by atoms with Crippen LogP contribution in [0.2, 0.25) is 0 Å². The first kappa shape index (κ1) is 34.3. The molecule has 3 aromatic rings. The zero-order chi connectivity index (χ0) is 32.3. The molecule has 0 bridgehead atoms. The van der Waals surface area contributed by atoms with Gasteiger partial charge in [0.05, 0.1) is 6.10 Å². The molecule has 0 radical (unpaired) electrons. The normalized spacial score (nSPS) is 18.0. The lowest BCUT2D eigenvalue weighted by Gasteiger charge is -2.26. The first-order chi connectivity index (χ1) is 20.5. The van der Waals surface area contributed by atoms with Crippen LogP contribution in [-0.4, -0.2) is 10.2 Å². The van der Waals surface area contributed by atoms with Gasteiger partial charge < -0.3 is 10.2 Å². The molecule has 0 aliphatic heterocycles. The van der Waals surface area contributed by atoms with Crippen molar-refractivity contribution in [1.82, 2.24) is 0 Å². The highest BCUT2D eigenvalue weighted by molar-refractivity contribution is 5.46. The molecule has 44 heavy (non-hydrogen) atoms. The topological polar surface area (TPSA) is 40.5 Å². The van der Waals surface area contributed by atoms with Gasteiger partial charge in [-0.2, -0.15) is 0 Å². The molecule has 0 saturated heterocycles. The number of phenols is 1. The fourth-order valence-corrected chi connectivity index (χ4v) is 6.81. The molecule has 0 amide bonds. The van der Waals surface area contributed by atoms with E-state index in [0.29, 0.717) is 11.2 Å². The summed E-state index contributed by atoms with van der Waals surface area (Å²) in [7, 11) is 0. The molecule has 0 aromatic heterocycles. The molecular weight excluding hydrogens is 536 g/mol. The van der Waals surface area contributed by atoms with Gasteiger partial charge in [-0.3, -0.25) is 0 Å². The maximum Gasteiger partial charge on any atom is 0.119 e. The highest BCUT2D eigenvalue weighted by Crippen LogP contribution is 2.36. The Morgan fingerprint density at radius 2 is 0.955 bits per heavy atom. The van der Waals surface area contributed by atoms with Crippen LogP contribution < -0.4 is 0 Å². The number of hydrogen-bond donors (Lipinski definition) is 2. The average Bonchev–Trinajstić information content (AvgIpc) is 2.96. The molecule has 0 spiro atoms. The van der Waals surface area contributed by atoms with Crippen LogP contribution in [-0.2, 0) is 48.3 Å². The zero-order valence-corrected chi connectivity index (χ0v) is 29.4. The van der Waals surface area contributed by atoms with Gasteiger partial charge in [-0.15, -0.1) is 0 Å². The van der Waals surface area contributed by atoms with Crippen molar-refractivity contribution >= 4 is 0 Å². The molecule has 3 aliphatic carbocycles. The molecule has 3 aromatic carbocycles. The standard InChI is InChI=1S/2C14H20O.C14H20/c1-14(2,3)11-8-7-10-5-4-6-13(15)12(10)9-11;1-14(2,3)12-8-10-6-4-5-7-11(10)9-13(12)15;1-14(2,3)13-9-8-11-6-4-5-7-12(11)10-13/h7-9,13,15H,4-6H2,1-3H3;8-9,15H,4-7H2,1-3H3;8-10H,4-7H2,1-3H3. The number of hydrogen-bond acceptors (Lipinski definition) is 2. The number of phenolic OH excluding ortho intramolecular Hbond substituents is 1. The summed E-state index contributed by atoms with van der Waals surface area (Å²) in [5.74, 6) is 0.475. The molecular formula is C42H60O2. The molecule has 1 atom stereocenters. The van der Waals surface area contributed by atoms with E-state index < -0.39 is 0 Å². The van der Waals surface area contributed by atoms with Gasteiger partial charge in [-0.25, -0.2) is 0 Å². The van der Waals surface area contributed by atoms with Gasteiger partial charge in [0.1, 0.15) is 5.75 Å². The van der Waals surface area contributed by atoms with Crippen LogP contribution >= 0.6 is 0 Å². The summed E-state index contributed by atoms with van der Waals surface area (Å²) in [5, 5.41) is 20.0. The average molecular weight is 597 g/mol.